The molecule has 0 bridgehead atoms. The molecule has 4 aromatic heterocycles. The van der Waals surface area contributed by atoms with Gasteiger partial charge in [-0.1, -0.05) is 158 Å². The van der Waals surface area contributed by atoms with Crippen molar-refractivity contribution in [2.24, 2.45) is 0 Å². The van der Waals surface area contributed by atoms with Crippen LogP contribution in [0.2, 0.25) is 0 Å². The highest BCUT2D eigenvalue weighted by atomic mass is 15.1. The van der Waals surface area contributed by atoms with Crippen molar-refractivity contribution in [3.8, 4) is 57.5 Å². The van der Waals surface area contributed by atoms with Gasteiger partial charge in [0.2, 0.25) is 0 Å². The van der Waals surface area contributed by atoms with Gasteiger partial charge in [-0.3, -0.25) is 9.13 Å². The molecule has 0 aliphatic rings. The lowest BCUT2D eigenvalue weighted by Crippen LogP contribution is -2.05. The molecule has 12 rings (SSSR count). The Labute approximate surface area is 375 Å². The van der Waals surface area contributed by atoms with E-state index >= 15 is 0 Å². The van der Waals surface area contributed by atoms with Gasteiger partial charge in [-0.2, -0.15) is 0 Å². The van der Waals surface area contributed by atoms with E-state index in [1.54, 1.807) is 6.08 Å². The molecule has 0 N–H and O–H groups in total. The average molecular weight is 831 g/mol. The van der Waals surface area contributed by atoms with Crippen molar-refractivity contribution in [1.29, 1.82) is 0 Å². The number of hydrogen-bond donors (Lipinski definition) is 0. The van der Waals surface area contributed by atoms with Crippen LogP contribution in [0.15, 0.2) is 206 Å². The maximum absolute atomic E-state index is 5.63. The zero-order chi connectivity index (χ0) is 43.4. The van der Waals surface area contributed by atoms with Crippen LogP contribution in [0, 0.1) is 12.3 Å². The summed E-state index contributed by atoms with van der Waals surface area (Å²) in [4.78, 5) is 21.8. The fraction of sp³-hybridized carbons (Fsp3) is 0.0169. The third-order valence-electron chi connectivity index (χ3n) is 12.4. The number of allylic oxidation sites excluding steroid dienone is 4. The summed E-state index contributed by atoms with van der Waals surface area (Å²) in [5, 5.41) is 4.46. The third-order valence-corrected chi connectivity index (χ3v) is 12.4. The Balaban J connectivity index is 1.17. The fourth-order valence-corrected chi connectivity index (χ4v) is 9.38. The van der Waals surface area contributed by atoms with E-state index in [2.05, 4.69) is 192 Å². The molecule has 4 heterocycles. The molecule has 8 aromatic carbocycles. The maximum Gasteiger partial charge on any atom is 0.165 e. The van der Waals surface area contributed by atoms with Crippen molar-refractivity contribution >= 4 is 71.3 Å². The number of para-hydroxylation sites is 2. The molecule has 0 fully saturated rings. The maximum atomic E-state index is 5.63. The fourth-order valence-electron chi connectivity index (χ4n) is 9.38. The van der Waals surface area contributed by atoms with E-state index in [9.17, 15) is 0 Å². The number of rotatable bonds is 7. The zero-order valence-electron chi connectivity index (χ0n) is 35.4. The Morgan fingerprint density at radius 2 is 0.923 bits per heavy atom. The molecule has 6 heteroatoms. The lowest BCUT2D eigenvalue weighted by atomic mass is 10.0. The van der Waals surface area contributed by atoms with E-state index in [1.807, 2.05) is 30.4 Å². The second-order valence-corrected chi connectivity index (χ2v) is 16.2. The van der Waals surface area contributed by atoms with Crippen LogP contribution in [0.3, 0.4) is 0 Å². The number of nitrogens with zero attached hydrogens (tertiary/aromatic N) is 6. The second-order valence-electron chi connectivity index (χ2n) is 16.2. The van der Waals surface area contributed by atoms with E-state index in [-0.39, 0.29) is 0 Å². The van der Waals surface area contributed by atoms with Crippen molar-refractivity contribution in [2.45, 2.75) is 6.92 Å². The first-order chi connectivity index (χ1) is 32.1. The Kier molecular flexibility index (Phi) is 8.99. The van der Waals surface area contributed by atoms with Crippen molar-refractivity contribution in [1.82, 2.24) is 29.1 Å². The van der Waals surface area contributed by atoms with Crippen LogP contribution in [-0.2, 0) is 0 Å². The topological polar surface area (TPSA) is 61.4 Å². The van der Waals surface area contributed by atoms with E-state index < -0.39 is 0 Å². The minimum atomic E-state index is 0.737. The largest absolute Gasteiger partial charge is 0.292 e. The first-order valence-electron chi connectivity index (χ1n) is 21.7. The van der Waals surface area contributed by atoms with E-state index in [4.69, 9.17) is 26.4 Å². The Morgan fingerprint density at radius 3 is 1.48 bits per heavy atom. The summed E-state index contributed by atoms with van der Waals surface area (Å²) in [5.74, 6) is 4.12. The molecule has 0 aliphatic carbocycles. The van der Waals surface area contributed by atoms with Crippen LogP contribution in [0.1, 0.15) is 12.6 Å². The van der Waals surface area contributed by atoms with Crippen LogP contribution in [0.5, 0.6) is 0 Å². The minimum Gasteiger partial charge on any atom is -0.292 e. The lowest BCUT2D eigenvalue weighted by molar-refractivity contribution is 1.06. The smallest absolute Gasteiger partial charge is 0.165 e. The van der Waals surface area contributed by atoms with Gasteiger partial charge in [0.05, 0.1) is 44.1 Å². The first-order valence-corrected chi connectivity index (χ1v) is 21.7. The highest BCUT2D eigenvalue weighted by molar-refractivity contribution is 6.29. The van der Waals surface area contributed by atoms with E-state index in [1.165, 1.54) is 0 Å². The average Bonchev–Trinajstić information content (AvgIpc) is 3.89. The Bertz CT molecular complexity index is 3950. The summed E-state index contributed by atoms with van der Waals surface area (Å²) in [6, 6.07) is 65.6. The predicted molar refractivity (Wildman–Crippen MR) is 269 cm³/mol. The Hall–Kier alpha value is -8.92. The summed E-state index contributed by atoms with van der Waals surface area (Å²) in [5.41, 5.74) is 15.3. The van der Waals surface area contributed by atoms with Crippen LogP contribution >= 0.6 is 0 Å². The number of hydrogen-bond acceptors (Lipinski definition) is 4. The first kappa shape index (κ1) is 37.8. The van der Waals surface area contributed by atoms with Gasteiger partial charge < -0.3 is 0 Å². The normalized spacial score (nSPS) is 12.1. The van der Waals surface area contributed by atoms with Crippen molar-refractivity contribution in [3.63, 3.8) is 0 Å². The van der Waals surface area contributed by atoms with Gasteiger partial charge in [0.15, 0.2) is 11.6 Å². The van der Waals surface area contributed by atoms with Crippen molar-refractivity contribution in [2.75, 3.05) is 0 Å². The summed E-state index contributed by atoms with van der Waals surface area (Å²) >= 11 is 0. The van der Waals surface area contributed by atoms with Crippen LogP contribution in [0.4, 0.5) is 0 Å². The van der Waals surface area contributed by atoms with Gasteiger partial charge in [0, 0.05) is 27.1 Å². The molecule has 0 aliphatic heterocycles. The van der Waals surface area contributed by atoms with Gasteiger partial charge in [0.25, 0.3) is 0 Å². The van der Waals surface area contributed by atoms with Crippen LogP contribution < -0.4 is 0 Å². The summed E-state index contributed by atoms with van der Waals surface area (Å²) in [7, 11) is 0. The minimum absolute atomic E-state index is 0.737. The molecular weight excluding hydrogens is 793 g/mol. The number of terminal acetylenes is 1. The van der Waals surface area contributed by atoms with Gasteiger partial charge in [0.1, 0.15) is 11.4 Å². The summed E-state index contributed by atoms with van der Waals surface area (Å²) in [6.07, 6.45) is 11.2. The van der Waals surface area contributed by atoms with Crippen molar-refractivity contribution in [3.05, 3.63) is 212 Å². The quantitative estimate of drug-likeness (QED) is 0.119. The second kappa shape index (κ2) is 15.5. The van der Waals surface area contributed by atoms with Gasteiger partial charge >= 0.3 is 0 Å². The van der Waals surface area contributed by atoms with Crippen molar-refractivity contribution < 1.29 is 0 Å². The van der Waals surface area contributed by atoms with Crippen LogP contribution in [-0.4, -0.2) is 29.1 Å². The molecule has 6 nitrogen and oxygen atoms in total. The molecule has 0 radical (unpaired) electrons. The van der Waals surface area contributed by atoms with E-state index in [0.717, 1.165) is 122 Å². The predicted octanol–water partition coefficient (Wildman–Crippen LogP) is 14.4. The molecular formula is C59H38N6. The Morgan fingerprint density at radius 1 is 0.446 bits per heavy atom. The number of aromatic nitrogens is 6. The molecule has 0 amide bonds. The molecule has 65 heavy (non-hydrogen) atoms. The van der Waals surface area contributed by atoms with Gasteiger partial charge in [-0.05, 0) is 89.4 Å². The molecule has 0 atom stereocenters. The molecule has 0 spiro atoms. The monoisotopic (exact) mass is 830 g/mol. The van der Waals surface area contributed by atoms with Gasteiger partial charge in [-0.25, -0.2) is 19.9 Å². The van der Waals surface area contributed by atoms with Gasteiger partial charge in [-0.15, -0.1) is 6.42 Å². The zero-order valence-corrected chi connectivity index (χ0v) is 35.4. The number of benzene rings is 8. The third kappa shape index (κ3) is 6.29. The molecule has 12 aromatic rings. The standard InChI is InChI=1S/C59H38N6/c1-3-4-8-19-38(2)56-58(62-48-36-42(30-32-46(48)60-56)39-20-9-5-10-21-39)64-50-28-17-15-26-44(50)54-52(64)34-35-53-55(54)45-27-16-18-29-51(45)65(53)59-57(41-24-13-7-14-25-41)61-47-33-31-43(37-49(47)63-59)40-22-11-6-12-23-40/h1,4-37H,2H3/b8-4-,38-19+. The number of fused-ring (bicyclic) bond motifs is 9. The highest BCUT2D eigenvalue weighted by Crippen LogP contribution is 2.44. The summed E-state index contributed by atoms with van der Waals surface area (Å²) in [6.45, 7) is 2.07. The summed E-state index contributed by atoms with van der Waals surface area (Å²) < 4.78 is 4.59. The highest BCUT2D eigenvalue weighted by Gasteiger charge is 2.25. The van der Waals surface area contributed by atoms with E-state index in [0.29, 0.717) is 0 Å². The molecule has 0 saturated carbocycles. The molecule has 304 valence electrons. The molecule has 0 saturated heterocycles. The SMILES string of the molecule is C#C/C=C\C=C(/C)c1nc2ccc(-c3ccccc3)cc2nc1-n1c2ccccc2c2c3c4ccccc4n(-c4nc5cc(-c6ccccc6)ccc5nc4-c4ccccc4)c3ccc21. The lowest BCUT2D eigenvalue weighted by Gasteiger charge is -2.15. The molecule has 0 unspecified atom stereocenters. The van der Waals surface area contributed by atoms with Crippen LogP contribution in [0.25, 0.3) is 116 Å².